The molecule has 2 saturated heterocycles. The summed E-state index contributed by atoms with van der Waals surface area (Å²) >= 11 is 0. The number of hydrogen-bond acceptors (Lipinski definition) is 4. The number of carbonyl (C=O) groups is 1. The van der Waals surface area contributed by atoms with E-state index in [4.69, 9.17) is 4.74 Å². The Kier molecular flexibility index (Phi) is 5.89. The molecule has 2 aliphatic rings. The fraction of sp³-hybridized carbons (Fsp3) is 0.778. The van der Waals surface area contributed by atoms with Crippen LogP contribution in [0.15, 0.2) is 12.4 Å². The van der Waals surface area contributed by atoms with Gasteiger partial charge in [0, 0.05) is 32.0 Å². The second-order valence-electron chi connectivity index (χ2n) is 6.84. The Morgan fingerprint density at radius 2 is 2.29 bits per heavy atom. The van der Waals surface area contributed by atoms with E-state index in [0.29, 0.717) is 0 Å². The van der Waals surface area contributed by atoms with Gasteiger partial charge in [-0.1, -0.05) is 13.8 Å². The number of H-pyrrole nitrogens is 1. The van der Waals surface area contributed by atoms with E-state index in [1.54, 1.807) is 6.20 Å². The van der Waals surface area contributed by atoms with Gasteiger partial charge in [0.2, 0.25) is 5.91 Å². The largest absolute Gasteiger partial charge is 0.376 e. The number of hydrogen-bond donors (Lipinski definition) is 1. The Labute approximate surface area is 144 Å². The fourth-order valence-corrected chi connectivity index (χ4v) is 3.99. The molecule has 134 valence electrons. The number of piperidine rings is 1. The van der Waals surface area contributed by atoms with Gasteiger partial charge < -0.3 is 14.6 Å². The van der Waals surface area contributed by atoms with Crippen molar-refractivity contribution in [1.29, 1.82) is 0 Å². The molecular weight excluding hydrogens is 304 g/mol. The predicted molar refractivity (Wildman–Crippen MR) is 92.6 cm³/mol. The van der Waals surface area contributed by atoms with Gasteiger partial charge in [0.25, 0.3) is 0 Å². The van der Waals surface area contributed by atoms with E-state index in [9.17, 15) is 4.79 Å². The SMILES string of the molecule is CC[C@@H]1CN([C@H](CC)C(=O)N2CCCC[C@H]2c2ncc[nH]2)CCO1. The minimum absolute atomic E-state index is 0.0430. The van der Waals surface area contributed by atoms with Crippen LogP contribution in [-0.4, -0.2) is 64.1 Å². The van der Waals surface area contributed by atoms with Crippen LogP contribution >= 0.6 is 0 Å². The third-order valence-electron chi connectivity index (χ3n) is 5.36. The third kappa shape index (κ3) is 3.64. The Morgan fingerprint density at radius 3 is 3.00 bits per heavy atom. The average molecular weight is 334 g/mol. The number of aromatic amines is 1. The minimum Gasteiger partial charge on any atom is -0.376 e. The van der Waals surface area contributed by atoms with Crippen LogP contribution in [0.3, 0.4) is 0 Å². The van der Waals surface area contributed by atoms with Crippen LogP contribution in [0.5, 0.6) is 0 Å². The van der Waals surface area contributed by atoms with Crippen molar-refractivity contribution in [3.05, 3.63) is 18.2 Å². The van der Waals surface area contributed by atoms with Gasteiger partial charge in [-0.25, -0.2) is 4.98 Å². The zero-order valence-corrected chi connectivity index (χ0v) is 14.9. The summed E-state index contributed by atoms with van der Waals surface area (Å²) in [5, 5.41) is 0. The zero-order chi connectivity index (χ0) is 16.9. The van der Waals surface area contributed by atoms with Gasteiger partial charge in [0.15, 0.2) is 0 Å². The van der Waals surface area contributed by atoms with Crippen LogP contribution in [-0.2, 0) is 9.53 Å². The normalized spacial score (nSPS) is 27.2. The highest BCUT2D eigenvalue weighted by Gasteiger charge is 2.36. The molecule has 1 N–H and O–H groups in total. The first-order chi connectivity index (χ1) is 11.7. The number of nitrogens with zero attached hydrogens (tertiary/aromatic N) is 3. The molecule has 2 aliphatic heterocycles. The molecule has 3 heterocycles. The number of likely N-dealkylation sites (tertiary alicyclic amines) is 1. The summed E-state index contributed by atoms with van der Waals surface area (Å²) in [7, 11) is 0. The van der Waals surface area contributed by atoms with Gasteiger partial charge in [-0.05, 0) is 32.1 Å². The monoisotopic (exact) mass is 334 g/mol. The Morgan fingerprint density at radius 1 is 1.42 bits per heavy atom. The number of nitrogens with one attached hydrogen (secondary N) is 1. The molecule has 6 heteroatoms. The molecule has 6 nitrogen and oxygen atoms in total. The van der Waals surface area contributed by atoms with Crippen molar-refractivity contribution in [2.24, 2.45) is 0 Å². The fourth-order valence-electron chi connectivity index (χ4n) is 3.99. The Hall–Kier alpha value is -1.40. The van der Waals surface area contributed by atoms with Gasteiger partial charge in [-0.15, -0.1) is 0 Å². The molecule has 1 aromatic heterocycles. The molecule has 1 aromatic rings. The smallest absolute Gasteiger partial charge is 0.240 e. The van der Waals surface area contributed by atoms with Crippen LogP contribution in [0.1, 0.15) is 57.8 Å². The molecule has 0 aliphatic carbocycles. The lowest BCUT2D eigenvalue weighted by Crippen LogP contribution is -2.55. The van der Waals surface area contributed by atoms with E-state index in [1.807, 2.05) is 6.20 Å². The summed E-state index contributed by atoms with van der Waals surface area (Å²) < 4.78 is 5.78. The van der Waals surface area contributed by atoms with E-state index < -0.39 is 0 Å². The maximum atomic E-state index is 13.3. The lowest BCUT2D eigenvalue weighted by Gasteiger charge is -2.42. The van der Waals surface area contributed by atoms with Crippen molar-refractivity contribution in [3.63, 3.8) is 0 Å². The second-order valence-corrected chi connectivity index (χ2v) is 6.84. The molecule has 24 heavy (non-hydrogen) atoms. The maximum Gasteiger partial charge on any atom is 0.240 e. The number of carbonyl (C=O) groups excluding carboxylic acids is 1. The highest BCUT2D eigenvalue weighted by Crippen LogP contribution is 2.30. The van der Waals surface area contributed by atoms with Crippen molar-refractivity contribution in [3.8, 4) is 0 Å². The predicted octanol–water partition coefficient (Wildman–Crippen LogP) is 2.35. The molecule has 3 atom stereocenters. The third-order valence-corrected chi connectivity index (χ3v) is 5.36. The van der Waals surface area contributed by atoms with E-state index >= 15 is 0 Å². The molecule has 0 aromatic carbocycles. The van der Waals surface area contributed by atoms with Gasteiger partial charge in [0.1, 0.15) is 5.82 Å². The highest BCUT2D eigenvalue weighted by atomic mass is 16.5. The number of morpholine rings is 1. The van der Waals surface area contributed by atoms with Crippen LogP contribution in [0.2, 0.25) is 0 Å². The lowest BCUT2D eigenvalue weighted by atomic mass is 9.99. The first kappa shape index (κ1) is 17.4. The molecule has 0 unspecified atom stereocenters. The number of imidazole rings is 1. The summed E-state index contributed by atoms with van der Waals surface area (Å²) in [6, 6.07) is 0.0526. The molecule has 1 amide bonds. The van der Waals surface area contributed by atoms with Crippen LogP contribution in [0, 0.1) is 0 Å². The molecule has 3 rings (SSSR count). The Bertz CT molecular complexity index is 519. The van der Waals surface area contributed by atoms with Crippen molar-refractivity contribution in [1.82, 2.24) is 19.8 Å². The second kappa shape index (κ2) is 8.12. The van der Waals surface area contributed by atoms with Crippen LogP contribution < -0.4 is 0 Å². The standard InChI is InChI=1S/C18H30N4O2/c1-3-14-13-21(11-12-24-14)15(4-2)18(23)22-10-6-5-7-16(22)17-19-8-9-20-17/h8-9,14-16H,3-7,10-13H2,1-2H3,(H,19,20)/t14-,15-,16+/m1/s1. The molecule has 0 spiro atoms. The number of aromatic nitrogens is 2. The number of amides is 1. The zero-order valence-electron chi connectivity index (χ0n) is 14.9. The van der Waals surface area contributed by atoms with Crippen molar-refractivity contribution in [2.75, 3.05) is 26.2 Å². The summed E-state index contributed by atoms with van der Waals surface area (Å²) in [6.07, 6.45) is 8.95. The van der Waals surface area contributed by atoms with E-state index in [0.717, 1.165) is 64.2 Å². The molecule has 2 fully saturated rings. The summed E-state index contributed by atoms with van der Waals surface area (Å²) in [4.78, 5) is 25.3. The molecule has 0 bridgehead atoms. The maximum absolute atomic E-state index is 13.3. The molecule has 0 saturated carbocycles. The first-order valence-corrected chi connectivity index (χ1v) is 9.40. The van der Waals surface area contributed by atoms with E-state index in [1.165, 1.54) is 0 Å². The van der Waals surface area contributed by atoms with Crippen molar-refractivity contribution >= 4 is 5.91 Å². The van der Waals surface area contributed by atoms with Gasteiger partial charge >= 0.3 is 0 Å². The number of rotatable bonds is 5. The first-order valence-electron chi connectivity index (χ1n) is 9.40. The number of ether oxygens (including phenoxy) is 1. The van der Waals surface area contributed by atoms with Crippen molar-refractivity contribution in [2.45, 2.75) is 64.1 Å². The molecular formula is C18H30N4O2. The van der Waals surface area contributed by atoms with E-state index in [2.05, 4.69) is 33.6 Å². The quantitative estimate of drug-likeness (QED) is 0.898. The highest BCUT2D eigenvalue weighted by molar-refractivity contribution is 5.82. The van der Waals surface area contributed by atoms with Crippen LogP contribution in [0.4, 0.5) is 0 Å². The lowest BCUT2D eigenvalue weighted by molar-refractivity contribution is -0.144. The van der Waals surface area contributed by atoms with Crippen molar-refractivity contribution < 1.29 is 9.53 Å². The molecule has 0 radical (unpaired) electrons. The van der Waals surface area contributed by atoms with Gasteiger partial charge in [-0.2, -0.15) is 0 Å². The Balaban J connectivity index is 1.74. The van der Waals surface area contributed by atoms with Gasteiger partial charge in [0.05, 0.1) is 24.8 Å². The summed E-state index contributed by atoms with van der Waals surface area (Å²) in [5.74, 6) is 1.18. The van der Waals surface area contributed by atoms with Gasteiger partial charge in [-0.3, -0.25) is 9.69 Å². The minimum atomic E-state index is -0.0430. The average Bonchev–Trinajstić information content (AvgIpc) is 3.17. The van der Waals surface area contributed by atoms with E-state index in [-0.39, 0.29) is 24.1 Å². The van der Waals surface area contributed by atoms with Crippen LogP contribution in [0.25, 0.3) is 0 Å². The summed E-state index contributed by atoms with van der Waals surface area (Å²) in [5.41, 5.74) is 0. The summed E-state index contributed by atoms with van der Waals surface area (Å²) in [6.45, 7) is 7.53. The topological polar surface area (TPSA) is 61.5 Å².